The second kappa shape index (κ2) is 15.1. The van der Waals surface area contributed by atoms with Gasteiger partial charge in [0.1, 0.15) is 11.4 Å². The first-order valence-electron chi connectivity index (χ1n) is 15.4. The second-order valence-electron chi connectivity index (χ2n) is 13.2. The van der Waals surface area contributed by atoms with Crippen molar-refractivity contribution in [3.05, 3.63) is 27.8 Å². The lowest BCUT2D eigenvalue weighted by Gasteiger charge is -2.39. The Kier molecular flexibility index (Phi) is 12.8. The molecule has 5 nitrogen and oxygen atoms in total. The van der Waals surface area contributed by atoms with Crippen molar-refractivity contribution in [1.29, 1.82) is 0 Å². The molecule has 0 saturated heterocycles. The summed E-state index contributed by atoms with van der Waals surface area (Å²) in [6.07, 6.45) is 13.0. The van der Waals surface area contributed by atoms with Crippen LogP contribution in [0.1, 0.15) is 139 Å². The number of methoxy groups -OCH3 is 1. The molecule has 0 spiro atoms. The fraction of sp³-hybridized carbons (Fsp3) is 0.765. The molecule has 0 saturated carbocycles. The maximum atomic E-state index is 12.6. The van der Waals surface area contributed by atoms with Gasteiger partial charge in [0, 0.05) is 0 Å². The summed E-state index contributed by atoms with van der Waals surface area (Å²) in [5.74, 6) is 1.01. The van der Waals surface area contributed by atoms with Crippen molar-refractivity contribution in [2.45, 2.75) is 144 Å². The molecule has 0 aliphatic carbocycles. The van der Waals surface area contributed by atoms with E-state index in [-0.39, 0.29) is 12.0 Å². The van der Waals surface area contributed by atoms with Crippen LogP contribution in [0.4, 0.5) is 0 Å². The van der Waals surface area contributed by atoms with Crippen molar-refractivity contribution < 1.29 is 24.2 Å². The van der Waals surface area contributed by atoms with Gasteiger partial charge in [0.2, 0.25) is 0 Å². The third kappa shape index (κ3) is 9.53. The van der Waals surface area contributed by atoms with E-state index in [2.05, 4.69) is 34.6 Å². The first-order valence-corrected chi connectivity index (χ1v) is 15.4. The molecule has 1 heterocycles. The van der Waals surface area contributed by atoms with Gasteiger partial charge in [-0.15, -0.1) is 0 Å². The molecule has 5 heteroatoms. The number of hydrogen-bond donors (Lipinski definition) is 1. The van der Waals surface area contributed by atoms with Crippen LogP contribution in [-0.2, 0) is 20.7 Å². The van der Waals surface area contributed by atoms with Gasteiger partial charge < -0.3 is 14.6 Å². The number of aliphatic carboxylic acids is 1. The van der Waals surface area contributed by atoms with Gasteiger partial charge in [0.05, 0.1) is 19.4 Å². The Labute approximate surface area is 238 Å². The van der Waals surface area contributed by atoms with Crippen LogP contribution < -0.4 is 4.74 Å². The fourth-order valence-corrected chi connectivity index (χ4v) is 6.46. The standard InChI is InChI=1S/C34H56O5/c1-22(2)13-10-14-23(3)15-11-16-24(4)17-12-19-34(8)20-18-28-27(7)31(25(5)26(6)32(28)39-34)29(21-30(35)36)33(37)38-9/h22-24,29H,10-21H2,1-9H3,(H,35,36). The molecule has 0 radical (unpaired) electrons. The van der Waals surface area contributed by atoms with E-state index in [1.165, 1.54) is 52.1 Å². The van der Waals surface area contributed by atoms with Crippen molar-refractivity contribution in [2.75, 3.05) is 7.11 Å². The zero-order chi connectivity index (χ0) is 29.3. The number of rotatable bonds is 16. The molecule has 222 valence electrons. The van der Waals surface area contributed by atoms with E-state index in [9.17, 15) is 14.7 Å². The maximum absolute atomic E-state index is 12.6. The number of hydrogen-bond acceptors (Lipinski definition) is 4. The lowest BCUT2D eigenvalue weighted by atomic mass is 9.79. The highest BCUT2D eigenvalue weighted by molar-refractivity contribution is 5.85. The third-order valence-electron chi connectivity index (χ3n) is 9.18. The average Bonchev–Trinajstić information content (AvgIpc) is 2.85. The molecular weight excluding hydrogens is 488 g/mol. The number of carboxylic acid groups (broad SMARTS) is 1. The van der Waals surface area contributed by atoms with Gasteiger partial charge in [-0.3, -0.25) is 9.59 Å². The summed E-state index contributed by atoms with van der Waals surface area (Å²) in [7, 11) is 1.32. The Balaban J connectivity index is 1.98. The van der Waals surface area contributed by atoms with Gasteiger partial charge >= 0.3 is 11.9 Å². The predicted octanol–water partition coefficient (Wildman–Crippen LogP) is 8.87. The monoisotopic (exact) mass is 544 g/mol. The predicted molar refractivity (Wildman–Crippen MR) is 160 cm³/mol. The van der Waals surface area contributed by atoms with Crippen LogP contribution in [0.5, 0.6) is 5.75 Å². The first-order chi connectivity index (χ1) is 18.3. The molecule has 1 aliphatic rings. The number of ether oxygens (including phenoxy) is 2. The minimum atomic E-state index is -1.01. The van der Waals surface area contributed by atoms with E-state index in [1.54, 1.807) is 0 Å². The summed E-state index contributed by atoms with van der Waals surface area (Å²) in [6, 6.07) is 0. The molecule has 2 rings (SSSR count). The Morgan fingerprint density at radius 1 is 0.897 bits per heavy atom. The molecule has 1 N–H and O–H groups in total. The third-order valence-corrected chi connectivity index (χ3v) is 9.18. The molecule has 1 aromatic rings. The number of benzene rings is 1. The van der Waals surface area contributed by atoms with Gasteiger partial charge in [-0.1, -0.05) is 72.6 Å². The van der Waals surface area contributed by atoms with Crippen molar-refractivity contribution >= 4 is 11.9 Å². The van der Waals surface area contributed by atoms with E-state index in [0.717, 1.165) is 77.0 Å². The molecule has 0 bridgehead atoms. The highest BCUT2D eigenvalue weighted by Gasteiger charge is 2.36. The Bertz CT molecular complexity index is 965. The van der Waals surface area contributed by atoms with E-state index in [1.807, 2.05) is 20.8 Å². The molecule has 0 aromatic heterocycles. The summed E-state index contributed by atoms with van der Waals surface area (Å²) in [6.45, 7) is 17.7. The second-order valence-corrected chi connectivity index (χ2v) is 13.2. The molecule has 0 amide bonds. The molecular formula is C34H56O5. The SMILES string of the molecule is COC(=O)C(CC(=O)O)c1c(C)c(C)c2c(c1C)CCC(C)(CCCC(C)CCCC(C)CCCC(C)C)O2. The Morgan fingerprint density at radius 3 is 2.00 bits per heavy atom. The normalized spacial score (nSPS) is 19.2. The number of carbonyl (C=O) groups excluding carboxylic acids is 1. The number of carboxylic acids is 1. The van der Waals surface area contributed by atoms with Crippen molar-refractivity contribution in [1.82, 2.24) is 0 Å². The lowest BCUT2D eigenvalue weighted by molar-refractivity contribution is -0.147. The van der Waals surface area contributed by atoms with E-state index < -0.39 is 17.9 Å². The van der Waals surface area contributed by atoms with Gasteiger partial charge in [-0.05, 0) is 98.9 Å². The zero-order valence-corrected chi connectivity index (χ0v) is 26.4. The van der Waals surface area contributed by atoms with Crippen LogP contribution in [0.25, 0.3) is 0 Å². The van der Waals surface area contributed by atoms with Gasteiger partial charge in [0.25, 0.3) is 0 Å². The smallest absolute Gasteiger partial charge is 0.313 e. The van der Waals surface area contributed by atoms with Crippen LogP contribution in [0, 0.1) is 38.5 Å². The molecule has 0 fully saturated rings. The number of carbonyl (C=O) groups is 2. The summed E-state index contributed by atoms with van der Waals surface area (Å²) in [5.41, 5.74) is 4.60. The summed E-state index contributed by atoms with van der Waals surface area (Å²) >= 11 is 0. The van der Waals surface area contributed by atoms with Crippen LogP contribution in [-0.4, -0.2) is 29.8 Å². The van der Waals surface area contributed by atoms with E-state index in [4.69, 9.17) is 9.47 Å². The van der Waals surface area contributed by atoms with E-state index >= 15 is 0 Å². The summed E-state index contributed by atoms with van der Waals surface area (Å²) in [5, 5.41) is 9.46. The fourth-order valence-electron chi connectivity index (χ4n) is 6.46. The van der Waals surface area contributed by atoms with Gasteiger partial charge in [-0.2, -0.15) is 0 Å². The molecule has 1 aliphatic heterocycles. The molecule has 4 atom stereocenters. The highest BCUT2D eigenvalue weighted by atomic mass is 16.5. The summed E-state index contributed by atoms with van der Waals surface area (Å²) in [4.78, 5) is 24.1. The lowest BCUT2D eigenvalue weighted by Crippen LogP contribution is -2.37. The van der Waals surface area contributed by atoms with Crippen LogP contribution in [0.3, 0.4) is 0 Å². The Hall–Kier alpha value is -2.04. The van der Waals surface area contributed by atoms with E-state index in [0.29, 0.717) is 0 Å². The molecule has 39 heavy (non-hydrogen) atoms. The molecule has 1 aromatic carbocycles. The topological polar surface area (TPSA) is 72.8 Å². The van der Waals surface area contributed by atoms with Crippen molar-refractivity contribution in [2.24, 2.45) is 17.8 Å². The quantitative estimate of drug-likeness (QED) is 0.210. The summed E-state index contributed by atoms with van der Waals surface area (Å²) < 4.78 is 11.7. The zero-order valence-electron chi connectivity index (χ0n) is 26.4. The number of esters is 1. The van der Waals surface area contributed by atoms with Crippen LogP contribution in [0.15, 0.2) is 0 Å². The maximum Gasteiger partial charge on any atom is 0.313 e. The average molecular weight is 545 g/mol. The Morgan fingerprint density at radius 2 is 1.46 bits per heavy atom. The first kappa shape index (κ1) is 33.2. The van der Waals surface area contributed by atoms with Gasteiger partial charge in [0.15, 0.2) is 0 Å². The van der Waals surface area contributed by atoms with Crippen molar-refractivity contribution in [3.63, 3.8) is 0 Å². The largest absolute Gasteiger partial charge is 0.487 e. The number of fused-ring (bicyclic) bond motifs is 1. The van der Waals surface area contributed by atoms with Crippen LogP contribution in [0.2, 0.25) is 0 Å². The van der Waals surface area contributed by atoms with Gasteiger partial charge in [-0.25, -0.2) is 0 Å². The molecule has 4 unspecified atom stereocenters. The van der Waals surface area contributed by atoms with Crippen molar-refractivity contribution in [3.8, 4) is 5.75 Å². The van der Waals surface area contributed by atoms with Crippen LogP contribution >= 0.6 is 0 Å². The minimum Gasteiger partial charge on any atom is -0.487 e. The minimum absolute atomic E-state index is 0.203. The highest BCUT2D eigenvalue weighted by Crippen LogP contribution is 2.45.